The number of fused-ring (bicyclic) bond motifs is 1. The highest BCUT2D eigenvalue weighted by Crippen LogP contribution is 2.31. The minimum Gasteiger partial charge on any atom is -0.382 e. The topological polar surface area (TPSA) is 95.8 Å². The Labute approximate surface area is 177 Å². The zero-order valence-electron chi connectivity index (χ0n) is 16.3. The molecule has 1 heterocycles. The number of aromatic amines is 1. The molecule has 0 aliphatic heterocycles. The zero-order chi connectivity index (χ0) is 23.2. The molecule has 2 amide bonds. The third-order valence-corrected chi connectivity index (χ3v) is 4.88. The van der Waals surface area contributed by atoms with Gasteiger partial charge in [0.1, 0.15) is 11.2 Å². The molecule has 5 N–H and O–H groups in total. The standard InChI is InChI=1S/C21H14F5N5O/c1-8-13(22)16(25)17(26)19(14(8)23)29-21(32)28-10-4-2-9(3-5-10)11-6-7-12-18(15(11)24)30-31-20(12)27/h2-7H,1H3,(H3,27,30,31)(H2,28,29,32). The summed E-state index contributed by atoms with van der Waals surface area (Å²) in [4.78, 5) is 12.1. The van der Waals surface area contributed by atoms with Crippen LogP contribution >= 0.6 is 0 Å². The second kappa shape index (κ2) is 7.84. The molecule has 0 radical (unpaired) electrons. The van der Waals surface area contributed by atoms with E-state index in [-0.39, 0.29) is 22.6 Å². The first kappa shape index (κ1) is 21.1. The summed E-state index contributed by atoms with van der Waals surface area (Å²) in [6, 6.07) is 7.88. The molecule has 0 unspecified atom stereocenters. The molecule has 11 heteroatoms. The quantitative estimate of drug-likeness (QED) is 0.191. The Hall–Kier alpha value is -4.15. The van der Waals surface area contributed by atoms with Gasteiger partial charge in [-0.1, -0.05) is 18.2 Å². The lowest BCUT2D eigenvalue weighted by molar-refractivity contribution is 0.262. The third kappa shape index (κ3) is 3.47. The fourth-order valence-electron chi connectivity index (χ4n) is 3.17. The summed E-state index contributed by atoms with van der Waals surface area (Å²) >= 11 is 0. The van der Waals surface area contributed by atoms with Gasteiger partial charge in [-0.25, -0.2) is 26.7 Å². The Morgan fingerprint density at radius 3 is 2.25 bits per heavy atom. The number of anilines is 3. The Kier molecular flexibility index (Phi) is 5.17. The average molecular weight is 447 g/mol. The highest BCUT2D eigenvalue weighted by atomic mass is 19.2. The van der Waals surface area contributed by atoms with Crippen LogP contribution in [0.4, 0.5) is 43.9 Å². The molecule has 0 saturated heterocycles. The first-order chi connectivity index (χ1) is 15.2. The van der Waals surface area contributed by atoms with Crippen molar-refractivity contribution in [2.24, 2.45) is 0 Å². The van der Waals surface area contributed by atoms with E-state index in [2.05, 4.69) is 15.5 Å². The number of rotatable bonds is 3. The second-order valence-electron chi connectivity index (χ2n) is 6.87. The van der Waals surface area contributed by atoms with E-state index in [1.165, 1.54) is 30.3 Å². The number of hydrogen-bond acceptors (Lipinski definition) is 3. The van der Waals surface area contributed by atoms with Crippen molar-refractivity contribution in [3.63, 3.8) is 0 Å². The SMILES string of the molecule is Cc1c(F)c(F)c(F)c(NC(=O)Nc2ccc(-c3ccc4c(N)n[nH]c4c3F)cc2)c1F. The van der Waals surface area contributed by atoms with Crippen LogP contribution in [-0.2, 0) is 0 Å². The van der Waals surface area contributed by atoms with Crippen LogP contribution < -0.4 is 16.4 Å². The summed E-state index contributed by atoms with van der Waals surface area (Å²) in [5.41, 5.74) is 4.82. The number of nitrogens with two attached hydrogens (primary N) is 1. The van der Waals surface area contributed by atoms with Crippen LogP contribution in [0.5, 0.6) is 0 Å². The molecule has 32 heavy (non-hydrogen) atoms. The van der Waals surface area contributed by atoms with Crippen LogP contribution in [0.2, 0.25) is 0 Å². The van der Waals surface area contributed by atoms with Crippen LogP contribution in [0.15, 0.2) is 36.4 Å². The van der Waals surface area contributed by atoms with E-state index in [0.717, 1.165) is 6.92 Å². The highest BCUT2D eigenvalue weighted by Gasteiger charge is 2.24. The minimum absolute atomic E-state index is 0.146. The van der Waals surface area contributed by atoms with Gasteiger partial charge >= 0.3 is 6.03 Å². The molecule has 1 aromatic heterocycles. The van der Waals surface area contributed by atoms with Gasteiger partial charge in [0, 0.05) is 22.2 Å². The summed E-state index contributed by atoms with van der Waals surface area (Å²) in [6.45, 7) is 0.906. The van der Waals surface area contributed by atoms with Gasteiger partial charge in [-0.2, -0.15) is 5.10 Å². The predicted molar refractivity (Wildman–Crippen MR) is 110 cm³/mol. The number of aromatic nitrogens is 2. The maximum Gasteiger partial charge on any atom is 0.323 e. The number of amides is 2. The summed E-state index contributed by atoms with van der Waals surface area (Å²) in [5.74, 6) is -7.27. The summed E-state index contributed by atoms with van der Waals surface area (Å²) in [5, 5.41) is 10.8. The zero-order valence-corrected chi connectivity index (χ0v) is 16.3. The van der Waals surface area contributed by atoms with Crippen molar-refractivity contribution in [1.82, 2.24) is 10.2 Å². The largest absolute Gasteiger partial charge is 0.382 e. The number of halogens is 5. The number of nitrogen functional groups attached to an aromatic ring is 1. The van der Waals surface area contributed by atoms with Gasteiger partial charge in [-0.15, -0.1) is 0 Å². The van der Waals surface area contributed by atoms with Crippen LogP contribution in [-0.4, -0.2) is 16.2 Å². The molecule has 0 bridgehead atoms. The third-order valence-electron chi connectivity index (χ3n) is 4.88. The summed E-state index contributed by atoms with van der Waals surface area (Å²) in [7, 11) is 0. The van der Waals surface area contributed by atoms with Crippen LogP contribution in [0.3, 0.4) is 0 Å². The number of nitrogens with zero attached hydrogens (tertiary/aromatic N) is 1. The monoisotopic (exact) mass is 447 g/mol. The fourth-order valence-corrected chi connectivity index (χ4v) is 3.17. The Morgan fingerprint density at radius 2 is 1.56 bits per heavy atom. The molecule has 4 aromatic rings. The summed E-state index contributed by atoms with van der Waals surface area (Å²) in [6.07, 6.45) is 0. The van der Waals surface area contributed by atoms with Crippen LogP contribution in [0, 0.1) is 36.0 Å². The van der Waals surface area contributed by atoms with Gasteiger partial charge in [0.25, 0.3) is 0 Å². The molecule has 4 rings (SSSR count). The molecule has 0 saturated carbocycles. The van der Waals surface area contributed by atoms with E-state index >= 15 is 0 Å². The lowest BCUT2D eigenvalue weighted by atomic mass is 10.0. The first-order valence-electron chi connectivity index (χ1n) is 9.12. The van der Waals surface area contributed by atoms with Gasteiger partial charge in [0.2, 0.25) is 0 Å². The number of H-pyrrole nitrogens is 1. The average Bonchev–Trinajstić information content (AvgIpc) is 3.16. The van der Waals surface area contributed by atoms with Gasteiger partial charge < -0.3 is 16.4 Å². The van der Waals surface area contributed by atoms with Gasteiger partial charge in [-0.3, -0.25) is 5.10 Å². The van der Waals surface area contributed by atoms with E-state index in [1.807, 2.05) is 5.32 Å². The fraction of sp³-hybridized carbons (Fsp3) is 0.0476. The molecular weight excluding hydrogens is 433 g/mol. The van der Waals surface area contributed by atoms with Crippen LogP contribution in [0.1, 0.15) is 5.56 Å². The normalized spacial score (nSPS) is 11.1. The van der Waals surface area contributed by atoms with Gasteiger partial charge in [-0.05, 0) is 30.7 Å². The highest BCUT2D eigenvalue weighted by molar-refractivity contribution is 6.00. The molecule has 0 aliphatic rings. The van der Waals surface area contributed by atoms with E-state index in [0.29, 0.717) is 10.9 Å². The van der Waals surface area contributed by atoms with Crippen molar-refractivity contribution in [1.29, 1.82) is 0 Å². The smallest absolute Gasteiger partial charge is 0.323 e. The van der Waals surface area contributed by atoms with Crippen molar-refractivity contribution >= 4 is 34.1 Å². The number of nitrogens with one attached hydrogen (secondary N) is 3. The van der Waals surface area contributed by atoms with Crippen molar-refractivity contribution < 1.29 is 26.7 Å². The molecule has 164 valence electrons. The second-order valence-corrected chi connectivity index (χ2v) is 6.87. The maximum atomic E-state index is 14.8. The molecular formula is C21H14F5N5O. The Bertz CT molecular complexity index is 1340. The van der Waals surface area contributed by atoms with Gasteiger partial charge in [0.05, 0.1) is 0 Å². The number of urea groups is 1. The predicted octanol–water partition coefficient (Wildman–Crippen LogP) is 5.46. The first-order valence-corrected chi connectivity index (χ1v) is 9.12. The molecule has 3 aromatic carbocycles. The van der Waals surface area contributed by atoms with Crippen molar-refractivity contribution in [2.45, 2.75) is 6.92 Å². The number of hydrogen-bond donors (Lipinski definition) is 4. The van der Waals surface area contributed by atoms with E-state index in [1.54, 1.807) is 6.07 Å². The lowest BCUT2D eigenvalue weighted by Gasteiger charge is -2.12. The Morgan fingerprint density at radius 1 is 0.875 bits per heavy atom. The van der Waals surface area contributed by atoms with E-state index in [4.69, 9.17) is 5.73 Å². The van der Waals surface area contributed by atoms with E-state index in [9.17, 15) is 26.7 Å². The minimum atomic E-state index is -1.90. The Balaban J connectivity index is 1.54. The molecule has 0 fully saturated rings. The molecule has 6 nitrogen and oxygen atoms in total. The van der Waals surface area contributed by atoms with Crippen molar-refractivity contribution in [3.8, 4) is 11.1 Å². The number of carbonyl (C=O) groups is 1. The molecule has 0 atom stereocenters. The molecule has 0 spiro atoms. The van der Waals surface area contributed by atoms with Gasteiger partial charge in [0.15, 0.2) is 34.9 Å². The van der Waals surface area contributed by atoms with E-state index < -0.39 is 46.4 Å². The van der Waals surface area contributed by atoms with Crippen molar-refractivity contribution in [3.05, 3.63) is 71.0 Å². The number of benzene rings is 3. The van der Waals surface area contributed by atoms with Crippen LogP contribution in [0.25, 0.3) is 22.0 Å². The summed E-state index contributed by atoms with van der Waals surface area (Å²) < 4.78 is 69.6. The molecule has 0 aliphatic carbocycles. The lowest BCUT2D eigenvalue weighted by Crippen LogP contribution is -2.22. The maximum absolute atomic E-state index is 14.8. The van der Waals surface area contributed by atoms with Crippen molar-refractivity contribution in [2.75, 3.05) is 16.4 Å². The number of carbonyl (C=O) groups excluding carboxylic acids is 1.